The van der Waals surface area contributed by atoms with Crippen LogP contribution in [0.5, 0.6) is 5.75 Å². The minimum Gasteiger partial charge on any atom is -0.485 e. The highest BCUT2D eigenvalue weighted by Gasteiger charge is 2.41. The highest BCUT2D eigenvalue weighted by molar-refractivity contribution is 5.66. The van der Waals surface area contributed by atoms with Gasteiger partial charge in [-0.1, -0.05) is 42.0 Å². The van der Waals surface area contributed by atoms with E-state index in [0.717, 1.165) is 32.1 Å². The third-order valence-corrected chi connectivity index (χ3v) is 6.74. The van der Waals surface area contributed by atoms with Crippen molar-refractivity contribution in [2.45, 2.75) is 76.6 Å². The van der Waals surface area contributed by atoms with E-state index < -0.39 is 23.8 Å². The van der Waals surface area contributed by atoms with Gasteiger partial charge in [0.25, 0.3) is 0 Å². The monoisotopic (exact) mass is 428 g/mol. The predicted octanol–water partition coefficient (Wildman–Crippen LogP) is 4.74. The van der Waals surface area contributed by atoms with Crippen LogP contribution in [0.3, 0.4) is 0 Å². The van der Waals surface area contributed by atoms with Crippen LogP contribution in [-0.4, -0.2) is 39.1 Å². The molecular weight excluding hydrogens is 392 g/mol. The molecule has 3 N–H and O–H groups in total. The van der Waals surface area contributed by atoms with E-state index in [1.807, 2.05) is 50.3 Å². The Bertz CT molecular complexity index is 782. The third-order valence-electron chi connectivity index (χ3n) is 6.74. The predicted molar refractivity (Wildman–Crippen MR) is 121 cm³/mol. The lowest BCUT2D eigenvalue weighted by molar-refractivity contribution is -0.137. The van der Waals surface area contributed by atoms with Gasteiger partial charge in [-0.05, 0) is 76.3 Å². The minimum absolute atomic E-state index is 0.0389. The fourth-order valence-electron chi connectivity index (χ4n) is 4.94. The number of hydrogen-bond donors (Lipinski definition) is 3. The average Bonchev–Trinajstić information content (AvgIpc) is 3.03. The second kappa shape index (κ2) is 10.5. The van der Waals surface area contributed by atoms with E-state index in [2.05, 4.69) is 6.08 Å². The number of para-hydroxylation sites is 1. The topological polar surface area (TPSA) is 87.0 Å². The molecule has 5 unspecified atom stereocenters. The Morgan fingerprint density at radius 1 is 1.26 bits per heavy atom. The lowest BCUT2D eigenvalue weighted by Gasteiger charge is -2.31. The van der Waals surface area contributed by atoms with Crippen molar-refractivity contribution in [1.29, 1.82) is 0 Å². The zero-order valence-corrected chi connectivity index (χ0v) is 18.6. The maximum absolute atomic E-state index is 10.7. The van der Waals surface area contributed by atoms with Crippen LogP contribution in [0.2, 0.25) is 0 Å². The zero-order chi connectivity index (χ0) is 22.4. The van der Waals surface area contributed by atoms with Gasteiger partial charge in [0.2, 0.25) is 0 Å². The van der Waals surface area contributed by atoms with Gasteiger partial charge >= 0.3 is 5.97 Å². The van der Waals surface area contributed by atoms with Gasteiger partial charge in [-0.2, -0.15) is 0 Å². The van der Waals surface area contributed by atoms with Crippen molar-refractivity contribution < 1.29 is 24.9 Å². The summed E-state index contributed by atoms with van der Waals surface area (Å²) in [6.07, 6.45) is 10.5. The van der Waals surface area contributed by atoms with E-state index in [-0.39, 0.29) is 12.3 Å². The first-order valence-corrected chi connectivity index (χ1v) is 11.5. The summed E-state index contributed by atoms with van der Waals surface area (Å²) in [7, 11) is 0. The number of aliphatic carboxylic acids is 1. The molecule has 1 aromatic rings. The molecule has 5 heteroatoms. The molecule has 1 saturated carbocycles. The van der Waals surface area contributed by atoms with Crippen molar-refractivity contribution in [3.8, 4) is 5.75 Å². The first-order chi connectivity index (χ1) is 14.8. The summed E-state index contributed by atoms with van der Waals surface area (Å²) < 4.78 is 5.98. The molecule has 170 valence electrons. The molecule has 5 nitrogen and oxygen atoms in total. The summed E-state index contributed by atoms with van der Waals surface area (Å²) in [5.41, 5.74) is 0.622. The molecule has 2 aliphatic carbocycles. The smallest absolute Gasteiger partial charge is 0.303 e. The number of ether oxygens (including phenoxy) is 1. The van der Waals surface area contributed by atoms with Gasteiger partial charge in [-0.25, -0.2) is 0 Å². The molecule has 0 radical (unpaired) electrons. The Labute approximate surface area is 185 Å². The molecule has 0 bridgehead atoms. The Morgan fingerprint density at radius 3 is 2.71 bits per heavy atom. The Balaban J connectivity index is 1.56. The molecule has 0 spiro atoms. The van der Waals surface area contributed by atoms with Gasteiger partial charge in [0.1, 0.15) is 17.5 Å². The number of hydrogen-bond acceptors (Lipinski definition) is 4. The summed E-state index contributed by atoms with van der Waals surface area (Å²) in [6.45, 7) is 3.73. The number of fused-ring (bicyclic) bond motifs is 1. The molecule has 1 fully saturated rings. The number of benzene rings is 1. The summed E-state index contributed by atoms with van der Waals surface area (Å²) in [5, 5.41) is 30.2. The van der Waals surface area contributed by atoms with Crippen LogP contribution in [0.1, 0.15) is 58.8 Å². The molecule has 0 aromatic heterocycles. The summed E-state index contributed by atoms with van der Waals surface area (Å²) in [4.78, 5) is 10.7. The lowest BCUT2D eigenvalue weighted by atomic mass is 9.78. The third kappa shape index (κ3) is 6.44. The van der Waals surface area contributed by atoms with Crippen LogP contribution < -0.4 is 4.74 Å². The number of carboxylic acid groups (broad SMARTS) is 1. The van der Waals surface area contributed by atoms with Gasteiger partial charge in [-0.3, -0.25) is 4.79 Å². The second-order valence-electron chi connectivity index (χ2n) is 9.52. The molecule has 1 aromatic carbocycles. The number of unbranched alkanes of at least 4 members (excludes halogenated alkanes) is 1. The van der Waals surface area contributed by atoms with Crippen LogP contribution in [0.4, 0.5) is 0 Å². The first kappa shape index (κ1) is 23.6. The van der Waals surface area contributed by atoms with Crippen molar-refractivity contribution >= 4 is 5.97 Å². The average molecular weight is 429 g/mol. The van der Waals surface area contributed by atoms with Crippen molar-refractivity contribution in [2.75, 3.05) is 0 Å². The maximum Gasteiger partial charge on any atom is 0.303 e. The number of aliphatic hydroxyl groups is 2. The molecule has 0 heterocycles. The fourth-order valence-corrected chi connectivity index (χ4v) is 4.94. The van der Waals surface area contributed by atoms with E-state index in [1.165, 1.54) is 5.57 Å². The van der Waals surface area contributed by atoms with E-state index in [9.17, 15) is 15.0 Å². The van der Waals surface area contributed by atoms with E-state index in [0.29, 0.717) is 24.0 Å². The molecule has 31 heavy (non-hydrogen) atoms. The van der Waals surface area contributed by atoms with Crippen molar-refractivity contribution in [1.82, 2.24) is 0 Å². The zero-order valence-electron chi connectivity index (χ0n) is 18.6. The number of rotatable bonds is 10. The normalized spacial score (nSPS) is 27.0. The molecular formula is C26H36O5. The van der Waals surface area contributed by atoms with Crippen LogP contribution in [0.25, 0.3) is 0 Å². The molecule has 3 rings (SSSR count). The number of carboxylic acids is 1. The molecule has 0 aliphatic heterocycles. The van der Waals surface area contributed by atoms with Crippen LogP contribution in [0.15, 0.2) is 54.1 Å². The standard InChI is InChI=1S/C26H36O5/c1-26(2,31-20-9-4-3-5-10-20)24(28)15-14-22-21-13-12-18(8-6-7-11-25(29)30)16-19(21)17-23(22)27/h3-5,9-10,14-16,19,21-24,27-28H,6-8,11-13,17H2,1-2H3,(H,29,30). The van der Waals surface area contributed by atoms with Gasteiger partial charge in [0.15, 0.2) is 0 Å². The lowest BCUT2D eigenvalue weighted by Crippen LogP contribution is -2.41. The number of allylic oxidation sites excluding steroid dienone is 2. The largest absolute Gasteiger partial charge is 0.485 e. The van der Waals surface area contributed by atoms with Crippen molar-refractivity contribution in [2.24, 2.45) is 17.8 Å². The quantitative estimate of drug-likeness (QED) is 0.370. The summed E-state index contributed by atoms with van der Waals surface area (Å²) in [5.74, 6) is 0.773. The van der Waals surface area contributed by atoms with Gasteiger partial charge in [0.05, 0.1) is 6.10 Å². The minimum atomic E-state index is -0.789. The van der Waals surface area contributed by atoms with E-state index >= 15 is 0 Å². The number of carbonyl (C=O) groups is 1. The van der Waals surface area contributed by atoms with Gasteiger partial charge < -0.3 is 20.1 Å². The SMILES string of the molecule is CC(C)(Oc1ccccc1)C(O)C=CC1C(O)CC2C=C(CCCCC(=O)O)CCC21. The van der Waals surface area contributed by atoms with Crippen LogP contribution >= 0.6 is 0 Å². The van der Waals surface area contributed by atoms with Crippen LogP contribution in [-0.2, 0) is 4.79 Å². The Hall–Kier alpha value is -2.11. The van der Waals surface area contributed by atoms with Crippen molar-refractivity contribution in [3.63, 3.8) is 0 Å². The Morgan fingerprint density at radius 2 is 2.00 bits per heavy atom. The Kier molecular flexibility index (Phi) is 7.95. The van der Waals surface area contributed by atoms with Gasteiger partial charge in [0, 0.05) is 12.3 Å². The van der Waals surface area contributed by atoms with E-state index in [1.54, 1.807) is 6.08 Å². The molecule has 5 atom stereocenters. The summed E-state index contributed by atoms with van der Waals surface area (Å²) >= 11 is 0. The molecule has 0 amide bonds. The fraction of sp³-hybridized carbons (Fsp3) is 0.577. The number of aliphatic hydroxyl groups excluding tert-OH is 2. The summed E-state index contributed by atoms with van der Waals surface area (Å²) in [6, 6.07) is 9.47. The molecule has 0 saturated heterocycles. The highest BCUT2D eigenvalue weighted by Crippen LogP contribution is 2.46. The van der Waals surface area contributed by atoms with E-state index in [4.69, 9.17) is 9.84 Å². The first-order valence-electron chi connectivity index (χ1n) is 11.5. The van der Waals surface area contributed by atoms with Crippen LogP contribution in [0, 0.1) is 17.8 Å². The highest BCUT2D eigenvalue weighted by atomic mass is 16.5. The van der Waals surface area contributed by atoms with Gasteiger partial charge in [-0.15, -0.1) is 0 Å². The second-order valence-corrected chi connectivity index (χ2v) is 9.52. The molecule has 2 aliphatic rings. The van der Waals surface area contributed by atoms with Crippen molar-refractivity contribution in [3.05, 3.63) is 54.1 Å². The maximum atomic E-state index is 10.7.